The highest BCUT2D eigenvalue weighted by atomic mass is 32.1. The van der Waals surface area contributed by atoms with Gasteiger partial charge in [-0.05, 0) is 43.3 Å². The Hall–Kier alpha value is -2.73. The van der Waals surface area contributed by atoms with Crippen LogP contribution in [0.1, 0.15) is 24.5 Å². The molecule has 2 N–H and O–H groups in total. The van der Waals surface area contributed by atoms with Crippen LogP contribution in [0.3, 0.4) is 0 Å². The lowest BCUT2D eigenvalue weighted by Gasteiger charge is -2.11. The van der Waals surface area contributed by atoms with Crippen LogP contribution in [-0.2, 0) is 17.8 Å². The van der Waals surface area contributed by atoms with Gasteiger partial charge in [-0.1, -0.05) is 48.9 Å². The summed E-state index contributed by atoms with van der Waals surface area (Å²) in [6, 6.07) is 15.9. The van der Waals surface area contributed by atoms with Crippen LogP contribution in [0.15, 0.2) is 48.5 Å². The number of amides is 1. The van der Waals surface area contributed by atoms with Crippen LogP contribution in [0, 0.1) is 11.7 Å². The molecule has 2 aromatic carbocycles. The topological polar surface area (TPSA) is 62.7 Å². The van der Waals surface area contributed by atoms with Crippen molar-refractivity contribution in [2.75, 3.05) is 5.32 Å². The molecule has 0 bridgehead atoms. The van der Waals surface area contributed by atoms with E-state index in [2.05, 4.69) is 28.5 Å². The second kappa shape index (κ2) is 8.10. The van der Waals surface area contributed by atoms with Crippen molar-refractivity contribution in [2.45, 2.75) is 33.2 Å². The molecule has 0 saturated carbocycles. The first-order valence-electron chi connectivity index (χ1n) is 8.68. The number of carbonyl (C=O) groups is 1. The van der Waals surface area contributed by atoms with Gasteiger partial charge in [0.25, 0.3) is 0 Å². The van der Waals surface area contributed by atoms with Crippen LogP contribution in [0.2, 0.25) is 0 Å². The van der Waals surface area contributed by atoms with E-state index >= 15 is 0 Å². The van der Waals surface area contributed by atoms with Gasteiger partial charge < -0.3 is 5.32 Å². The summed E-state index contributed by atoms with van der Waals surface area (Å²) in [5.74, 6) is 0.713. The molecule has 3 rings (SSSR count). The average Bonchev–Trinajstić information content (AvgIpc) is 3.01. The highest BCUT2D eigenvalue weighted by Crippen LogP contribution is 2.19. The van der Waals surface area contributed by atoms with Crippen molar-refractivity contribution in [1.82, 2.24) is 14.8 Å². The number of aromatic nitrogens is 3. The lowest BCUT2D eigenvalue weighted by Crippen LogP contribution is -2.16. The molecular weight excluding hydrogens is 344 g/mol. The fraction of sp³-hybridized carbons (Fsp3) is 0.250. The van der Waals surface area contributed by atoms with E-state index in [4.69, 9.17) is 12.2 Å². The van der Waals surface area contributed by atoms with E-state index in [1.165, 1.54) is 0 Å². The monoisotopic (exact) mass is 366 g/mol. The maximum absolute atomic E-state index is 12.4. The van der Waals surface area contributed by atoms with E-state index in [0.29, 0.717) is 17.7 Å². The number of hydrogen-bond donors (Lipinski definition) is 2. The third kappa shape index (κ3) is 4.08. The first-order chi connectivity index (χ1) is 12.6. The lowest BCUT2D eigenvalue weighted by molar-refractivity contribution is -0.116. The summed E-state index contributed by atoms with van der Waals surface area (Å²) < 4.78 is 2.39. The number of hydrogen-bond acceptors (Lipinski definition) is 3. The summed E-state index contributed by atoms with van der Waals surface area (Å²) in [6.45, 7) is 4.58. The molecule has 0 saturated heterocycles. The average molecular weight is 366 g/mol. The van der Waals surface area contributed by atoms with Crippen molar-refractivity contribution in [1.29, 1.82) is 0 Å². The van der Waals surface area contributed by atoms with E-state index in [1.54, 1.807) is 0 Å². The molecule has 0 aliphatic rings. The molecule has 1 heterocycles. The molecule has 3 aromatic rings. The van der Waals surface area contributed by atoms with Crippen LogP contribution in [-0.4, -0.2) is 20.7 Å². The van der Waals surface area contributed by atoms with Gasteiger partial charge in [0.15, 0.2) is 10.6 Å². The lowest BCUT2D eigenvalue weighted by atomic mass is 10.1. The maximum Gasteiger partial charge on any atom is 0.226 e. The van der Waals surface area contributed by atoms with Crippen LogP contribution in [0.5, 0.6) is 0 Å². The van der Waals surface area contributed by atoms with Gasteiger partial charge in [0, 0.05) is 24.2 Å². The molecule has 0 atom stereocenters. The number of anilines is 1. The number of aromatic amines is 1. The van der Waals surface area contributed by atoms with Gasteiger partial charge in [-0.3, -0.25) is 14.5 Å². The number of H-pyrrole nitrogens is 1. The molecule has 0 unspecified atom stereocenters. The zero-order valence-corrected chi connectivity index (χ0v) is 15.8. The smallest absolute Gasteiger partial charge is 0.226 e. The van der Waals surface area contributed by atoms with Crippen LogP contribution >= 0.6 is 12.2 Å². The number of carbonyl (C=O) groups excluding carboxylic acids is 1. The van der Waals surface area contributed by atoms with Gasteiger partial charge in [0.2, 0.25) is 5.91 Å². The Morgan fingerprint density at radius 2 is 2.04 bits per heavy atom. The predicted octanol–water partition coefficient (Wildman–Crippen LogP) is 4.51. The standard InChI is InChI=1S/C20H22N4OS/c1-3-15-8-4-5-10-17(15)21-18(25)11-12-24-19(22-23-20(24)26)16-9-6-7-14(2)13-16/h4-10,13H,3,11-12H2,1-2H3,(H,21,25)(H,23,26). The Morgan fingerprint density at radius 3 is 2.81 bits per heavy atom. The van der Waals surface area contributed by atoms with E-state index < -0.39 is 0 Å². The normalized spacial score (nSPS) is 10.7. The number of aryl methyl sites for hydroxylation is 2. The molecule has 6 heteroatoms. The Balaban J connectivity index is 1.73. The van der Waals surface area contributed by atoms with Gasteiger partial charge in [0.05, 0.1) is 0 Å². The molecular formula is C20H22N4OS. The van der Waals surface area contributed by atoms with E-state index in [0.717, 1.165) is 34.6 Å². The number of benzene rings is 2. The van der Waals surface area contributed by atoms with E-state index in [-0.39, 0.29) is 5.91 Å². The first kappa shape index (κ1) is 18.1. The fourth-order valence-electron chi connectivity index (χ4n) is 2.91. The van der Waals surface area contributed by atoms with Crippen LogP contribution in [0.4, 0.5) is 5.69 Å². The van der Waals surface area contributed by atoms with Gasteiger partial charge in [0.1, 0.15) is 0 Å². The van der Waals surface area contributed by atoms with Gasteiger partial charge in [-0.25, -0.2) is 0 Å². The SMILES string of the molecule is CCc1ccccc1NC(=O)CCn1c(-c2cccc(C)c2)n[nH]c1=S. The summed E-state index contributed by atoms with van der Waals surface area (Å²) in [4.78, 5) is 12.4. The summed E-state index contributed by atoms with van der Waals surface area (Å²) in [5.41, 5.74) is 4.13. The highest BCUT2D eigenvalue weighted by molar-refractivity contribution is 7.71. The second-order valence-electron chi connectivity index (χ2n) is 6.18. The minimum absolute atomic E-state index is 0.0378. The minimum atomic E-state index is -0.0378. The Bertz CT molecular complexity index is 974. The van der Waals surface area contributed by atoms with Gasteiger partial charge in [-0.15, -0.1) is 0 Å². The van der Waals surface area contributed by atoms with Crippen LogP contribution in [0.25, 0.3) is 11.4 Å². The molecule has 1 amide bonds. The Labute approximate surface area is 158 Å². The molecule has 134 valence electrons. The zero-order valence-electron chi connectivity index (χ0n) is 15.0. The van der Waals surface area contributed by atoms with Crippen LogP contribution < -0.4 is 5.32 Å². The predicted molar refractivity (Wildman–Crippen MR) is 107 cm³/mol. The largest absolute Gasteiger partial charge is 0.326 e. The molecule has 0 aliphatic carbocycles. The van der Waals surface area contributed by atoms with E-state index in [1.807, 2.05) is 54.0 Å². The summed E-state index contributed by atoms with van der Waals surface area (Å²) in [5, 5.41) is 10.2. The third-order valence-electron chi connectivity index (χ3n) is 4.27. The number of nitrogens with one attached hydrogen (secondary N) is 2. The first-order valence-corrected chi connectivity index (χ1v) is 9.09. The molecule has 26 heavy (non-hydrogen) atoms. The summed E-state index contributed by atoms with van der Waals surface area (Å²) >= 11 is 5.34. The summed E-state index contributed by atoms with van der Waals surface area (Å²) in [7, 11) is 0. The molecule has 5 nitrogen and oxygen atoms in total. The van der Waals surface area contributed by atoms with Crippen molar-refractivity contribution in [3.05, 3.63) is 64.4 Å². The van der Waals surface area contributed by atoms with Gasteiger partial charge in [-0.2, -0.15) is 5.10 Å². The Morgan fingerprint density at radius 1 is 1.23 bits per heavy atom. The minimum Gasteiger partial charge on any atom is -0.326 e. The van der Waals surface area contributed by atoms with Crippen molar-refractivity contribution in [2.24, 2.45) is 0 Å². The number of rotatable bonds is 6. The third-order valence-corrected chi connectivity index (χ3v) is 4.58. The number of para-hydroxylation sites is 1. The molecule has 1 aromatic heterocycles. The van der Waals surface area contributed by atoms with Crippen molar-refractivity contribution in [3.63, 3.8) is 0 Å². The fourth-order valence-corrected chi connectivity index (χ4v) is 3.13. The number of nitrogens with zero attached hydrogens (tertiary/aromatic N) is 2. The van der Waals surface area contributed by atoms with Crippen molar-refractivity contribution >= 4 is 23.8 Å². The second-order valence-corrected chi connectivity index (χ2v) is 6.57. The molecule has 0 radical (unpaired) electrons. The van der Waals surface area contributed by atoms with E-state index in [9.17, 15) is 4.79 Å². The molecule has 0 aliphatic heterocycles. The highest BCUT2D eigenvalue weighted by Gasteiger charge is 2.11. The molecule has 0 fully saturated rings. The van der Waals surface area contributed by atoms with Gasteiger partial charge >= 0.3 is 0 Å². The molecule has 0 spiro atoms. The van der Waals surface area contributed by atoms with Crippen molar-refractivity contribution < 1.29 is 4.79 Å². The van der Waals surface area contributed by atoms with Crippen molar-refractivity contribution in [3.8, 4) is 11.4 Å². The zero-order chi connectivity index (χ0) is 18.5. The Kier molecular flexibility index (Phi) is 5.63. The summed E-state index contributed by atoms with van der Waals surface area (Å²) in [6.07, 6.45) is 1.20. The quantitative estimate of drug-likeness (QED) is 0.631. The maximum atomic E-state index is 12.4.